The van der Waals surface area contributed by atoms with Crippen LogP contribution >= 0.6 is 22.9 Å². The van der Waals surface area contributed by atoms with Crippen LogP contribution in [0.1, 0.15) is 18.1 Å². The van der Waals surface area contributed by atoms with Crippen molar-refractivity contribution in [3.05, 3.63) is 70.6 Å². The minimum atomic E-state index is 0.482. The Labute approximate surface area is 202 Å². The number of likely N-dealkylation sites (N-methyl/N-ethyl adjacent to an activating group) is 1. The van der Waals surface area contributed by atoms with Crippen LogP contribution in [0.5, 0.6) is 0 Å². The zero-order chi connectivity index (χ0) is 22.6. The predicted octanol–water partition coefficient (Wildman–Crippen LogP) is 5.80. The molecule has 0 unspecified atom stereocenters. The number of rotatable bonds is 6. The number of halogens is 1. The number of nitrogens with zero attached hydrogens (tertiary/aromatic N) is 5. The van der Waals surface area contributed by atoms with Gasteiger partial charge in [-0.1, -0.05) is 30.7 Å². The Hall–Kier alpha value is -3.00. The Morgan fingerprint density at radius 3 is 2.61 bits per heavy atom. The monoisotopic (exact) mass is 476 g/mol. The maximum atomic E-state index is 5.99. The number of hydrogen-bond acceptors (Lipinski definition) is 7. The molecular weight excluding hydrogens is 452 g/mol. The summed E-state index contributed by atoms with van der Waals surface area (Å²) in [5.41, 5.74) is 5.26. The molecule has 0 amide bonds. The van der Waals surface area contributed by atoms with E-state index in [1.807, 2.05) is 24.3 Å². The van der Waals surface area contributed by atoms with E-state index in [2.05, 4.69) is 66.6 Å². The van der Waals surface area contributed by atoms with E-state index in [4.69, 9.17) is 11.6 Å². The molecule has 1 aliphatic rings. The first-order chi connectivity index (χ1) is 16.2. The highest BCUT2D eigenvalue weighted by Gasteiger charge is 2.16. The third-order valence-electron chi connectivity index (χ3n) is 5.90. The van der Waals surface area contributed by atoms with Gasteiger partial charge in [-0.2, -0.15) is 0 Å². The van der Waals surface area contributed by atoms with Crippen LogP contribution in [0.2, 0.25) is 5.15 Å². The van der Waals surface area contributed by atoms with E-state index < -0.39 is 0 Å². The lowest BCUT2D eigenvalue weighted by molar-refractivity contribution is 0.271. The summed E-state index contributed by atoms with van der Waals surface area (Å²) in [6, 6.07) is 12.4. The summed E-state index contributed by atoms with van der Waals surface area (Å²) in [4.78, 5) is 18.0. The second-order valence-electron chi connectivity index (χ2n) is 7.93. The fraction of sp³-hybridized carbons (Fsp3) is 0.240. The van der Waals surface area contributed by atoms with Gasteiger partial charge in [-0.25, -0.2) is 15.0 Å². The van der Waals surface area contributed by atoms with E-state index in [1.54, 1.807) is 23.9 Å². The van der Waals surface area contributed by atoms with E-state index in [0.29, 0.717) is 5.15 Å². The molecule has 0 radical (unpaired) electrons. The number of aromatic nitrogens is 3. The van der Waals surface area contributed by atoms with Crippen LogP contribution < -0.4 is 10.2 Å². The second kappa shape index (κ2) is 9.87. The molecule has 4 aromatic rings. The molecule has 1 fully saturated rings. The predicted molar refractivity (Wildman–Crippen MR) is 140 cm³/mol. The first-order valence-corrected chi connectivity index (χ1v) is 12.3. The van der Waals surface area contributed by atoms with E-state index in [9.17, 15) is 0 Å². The van der Waals surface area contributed by atoms with Gasteiger partial charge in [0.2, 0.25) is 0 Å². The molecular formula is C25H25ClN6S. The van der Waals surface area contributed by atoms with E-state index >= 15 is 0 Å². The van der Waals surface area contributed by atoms with Crippen molar-refractivity contribution in [2.75, 3.05) is 42.9 Å². The van der Waals surface area contributed by atoms with Gasteiger partial charge >= 0.3 is 0 Å². The molecule has 5 rings (SSSR count). The van der Waals surface area contributed by atoms with Crippen LogP contribution in [0.15, 0.2) is 54.3 Å². The highest BCUT2D eigenvalue weighted by molar-refractivity contribution is 7.18. The molecule has 1 saturated heterocycles. The van der Waals surface area contributed by atoms with Crippen LogP contribution in [-0.4, -0.2) is 52.6 Å². The van der Waals surface area contributed by atoms with Crippen LogP contribution in [0.4, 0.5) is 17.2 Å². The standard InChI is InChI=1S/C25H25ClN6S/c1-2-31-11-13-32(14-12-31)21-7-5-20(6-8-21)30-25-24-23(28-17-29-25)19(16-33-24)4-3-18-9-10-27-22(26)15-18/h3-10,15-17H,2,11-14H2,1H3,(H,28,29,30). The molecule has 33 heavy (non-hydrogen) atoms. The van der Waals surface area contributed by atoms with Gasteiger partial charge in [0.05, 0.1) is 10.2 Å². The van der Waals surface area contributed by atoms with Gasteiger partial charge in [-0.05, 0) is 48.5 Å². The molecule has 0 bridgehead atoms. The Kier molecular flexibility index (Phi) is 6.53. The average Bonchev–Trinajstić information content (AvgIpc) is 3.27. The molecule has 0 saturated carbocycles. The maximum absolute atomic E-state index is 5.99. The number of nitrogens with one attached hydrogen (secondary N) is 1. The topological polar surface area (TPSA) is 57.2 Å². The molecule has 1 aliphatic heterocycles. The van der Waals surface area contributed by atoms with Gasteiger partial charge in [-0.15, -0.1) is 11.3 Å². The molecule has 4 heterocycles. The van der Waals surface area contributed by atoms with E-state index in [0.717, 1.165) is 65.6 Å². The van der Waals surface area contributed by atoms with Crippen molar-refractivity contribution in [2.24, 2.45) is 0 Å². The summed E-state index contributed by atoms with van der Waals surface area (Å²) in [6.45, 7) is 7.75. The summed E-state index contributed by atoms with van der Waals surface area (Å²) in [7, 11) is 0. The highest BCUT2D eigenvalue weighted by Crippen LogP contribution is 2.32. The molecule has 1 N–H and O–H groups in total. The lowest BCUT2D eigenvalue weighted by Gasteiger charge is -2.35. The van der Waals surface area contributed by atoms with Crippen molar-refractivity contribution < 1.29 is 0 Å². The number of fused-ring (bicyclic) bond motifs is 1. The lowest BCUT2D eigenvalue weighted by atomic mass is 10.2. The van der Waals surface area contributed by atoms with Crippen LogP contribution in [0, 0.1) is 0 Å². The molecule has 0 spiro atoms. The number of pyridine rings is 1. The van der Waals surface area contributed by atoms with Crippen LogP contribution in [0.25, 0.3) is 22.4 Å². The van der Waals surface area contributed by atoms with Crippen LogP contribution in [0.3, 0.4) is 0 Å². The van der Waals surface area contributed by atoms with Gasteiger partial charge < -0.3 is 15.1 Å². The lowest BCUT2D eigenvalue weighted by Crippen LogP contribution is -2.46. The van der Waals surface area contributed by atoms with Crippen LogP contribution in [-0.2, 0) is 0 Å². The minimum Gasteiger partial charge on any atom is -0.369 e. The fourth-order valence-electron chi connectivity index (χ4n) is 4.00. The van der Waals surface area contributed by atoms with Gasteiger partial charge in [0, 0.05) is 54.7 Å². The minimum absolute atomic E-state index is 0.482. The highest BCUT2D eigenvalue weighted by atomic mass is 35.5. The summed E-state index contributed by atoms with van der Waals surface area (Å²) in [5, 5.41) is 6.05. The molecule has 0 aliphatic carbocycles. The largest absolute Gasteiger partial charge is 0.369 e. The summed E-state index contributed by atoms with van der Waals surface area (Å²) < 4.78 is 1.03. The van der Waals surface area contributed by atoms with Crippen molar-refractivity contribution in [2.45, 2.75) is 6.92 Å². The number of anilines is 3. The molecule has 0 atom stereocenters. The normalized spacial score (nSPS) is 14.9. The summed E-state index contributed by atoms with van der Waals surface area (Å²) in [5.74, 6) is 0.820. The summed E-state index contributed by atoms with van der Waals surface area (Å²) in [6.07, 6.45) is 7.38. The van der Waals surface area contributed by atoms with Crippen molar-refractivity contribution in [1.29, 1.82) is 0 Å². The molecule has 1 aromatic carbocycles. The molecule has 6 nitrogen and oxygen atoms in total. The number of benzene rings is 1. The van der Waals surface area contributed by atoms with Gasteiger partial charge in [0.1, 0.15) is 11.5 Å². The third-order valence-corrected chi connectivity index (χ3v) is 7.10. The van der Waals surface area contributed by atoms with Gasteiger partial charge in [0.25, 0.3) is 0 Å². The van der Waals surface area contributed by atoms with E-state index in [1.165, 1.54) is 5.69 Å². The second-order valence-corrected chi connectivity index (χ2v) is 9.20. The van der Waals surface area contributed by atoms with Gasteiger partial charge in [-0.3, -0.25) is 0 Å². The number of hydrogen-bond donors (Lipinski definition) is 1. The van der Waals surface area contributed by atoms with Crippen molar-refractivity contribution >= 4 is 62.5 Å². The quantitative estimate of drug-likeness (QED) is 0.355. The average molecular weight is 477 g/mol. The third kappa shape index (κ3) is 5.00. The van der Waals surface area contributed by atoms with Crippen molar-refractivity contribution in [3.8, 4) is 0 Å². The fourth-order valence-corrected chi connectivity index (χ4v) is 5.11. The Morgan fingerprint density at radius 2 is 1.85 bits per heavy atom. The maximum Gasteiger partial charge on any atom is 0.151 e. The Bertz CT molecular complexity index is 1260. The molecule has 3 aromatic heterocycles. The first kappa shape index (κ1) is 21.8. The Morgan fingerprint density at radius 1 is 1.03 bits per heavy atom. The smallest absolute Gasteiger partial charge is 0.151 e. The van der Waals surface area contributed by atoms with Gasteiger partial charge in [0.15, 0.2) is 5.82 Å². The summed E-state index contributed by atoms with van der Waals surface area (Å²) >= 11 is 7.62. The van der Waals surface area contributed by atoms with E-state index in [-0.39, 0.29) is 0 Å². The molecule has 8 heteroatoms. The van der Waals surface area contributed by atoms with Crippen molar-refractivity contribution in [1.82, 2.24) is 19.9 Å². The Balaban J connectivity index is 1.31. The van der Waals surface area contributed by atoms with Crippen molar-refractivity contribution in [3.63, 3.8) is 0 Å². The zero-order valence-electron chi connectivity index (χ0n) is 18.4. The zero-order valence-corrected chi connectivity index (χ0v) is 20.0. The number of thiophene rings is 1. The molecule has 168 valence electrons. The SMILES string of the molecule is CCN1CCN(c2ccc(Nc3ncnc4c(C=Cc5ccnc(Cl)c5)csc34)cc2)CC1. The first-order valence-electron chi connectivity index (χ1n) is 11.1. The number of piperazine rings is 1.